The highest BCUT2D eigenvalue weighted by Gasteiger charge is 2.32. The van der Waals surface area contributed by atoms with Crippen molar-refractivity contribution in [3.05, 3.63) is 47.7 Å². The second kappa shape index (κ2) is 4.58. The predicted molar refractivity (Wildman–Crippen MR) is 78.9 cm³/mol. The van der Waals surface area contributed by atoms with Gasteiger partial charge in [-0.3, -0.25) is 4.79 Å². The first-order valence-corrected chi connectivity index (χ1v) is 6.90. The fourth-order valence-corrected chi connectivity index (χ4v) is 2.88. The summed E-state index contributed by atoms with van der Waals surface area (Å²) in [4.78, 5) is 19.3. The van der Waals surface area contributed by atoms with Gasteiger partial charge in [0, 0.05) is 22.7 Å². The molecular formula is C16H10F3N3O. The summed E-state index contributed by atoms with van der Waals surface area (Å²) in [7, 11) is 0. The number of carbonyl (C=O) groups is 1. The lowest BCUT2D eigenvalue weighted by atomic mass is 10.0. The summed E-state index contributed by atoms with van der Waals surface area (Å²) < 4.78 is 38.9. The SMILES string of the molecule is O=C1Cc2c([nH]c3ccc(C(F)(F)F)cc23)-c2cccnc2N1. The average Bonchev–Trinajstić information content (AvgIpc) is 2.77. The van der Waals surface area contributed by atoms with E-state index in [1.165, 1.54) is 6.07 Å². The van der Waals surface area contributed by atoms with Crippen LogP contribution in [0.5, 0.6) is 0 Å². The third kappa shape index (κ3) is 2.16. The average molecular weight is 317 g/mol. The van der Waals surface area contributed by atoms with Crippen molar-refractivity contribution in [2.45, 2.75) is 12.6 Å². The van der Waals surface area contributed by atoms with Crippen LogP contribution in [0.1, 0.15) is 11.1 Å². The molecule has 116 valence electrons. The number of rotatable bonds is 0. The van der Waals surface area contributed by atoms with Gasteiger partial charge >= 0.3 is 6.18 Å². The lowest BCUT2D eigenvalue weighted by Crippen LogP contribution is -2.13. The zero-order valence-corrected chi connectivity index (χ0v) is 11.7. The Morgan fingerprint density at radius 3 is 2.78 bits per heavy atom. The molecule has 0 aliphatic carbocycles. The van der Waals surface area contributed by atoms with E-state index in [-0.39, 0.29) is 12.3 Å². The smallest absolute Gasteiger partial charge is 0.354 e. The van der Waals surface area contributed by atoms with Gasteiger partial charge in [-0.25, -0.2) is 4.98 Å². The van der Waals surface area contributed by atoms with Crippen molar-refractivity contribution >= 4 is 22.6 Å². The van der Waals surface area contributed by atoms with Gasteiger partial charge in [-0.1, -0.05) is 0 Å². The van der Waals surface area contributed by atoms with Gasteiger partial charge in [-0.05, 0) is 35.9 Å². The minimum absolute atomic E-state index is 0.00694. The number of amides is 1. The van der Waals surface area contributed by atoms with Crippen LogP contribution in [-0.2, 0) is 17.4 Å². The van der Waals surface area contributed by atoms with Crippen LogP contribution >= 0.6 is 0 Å². The fraction of sp³-hybridized carbons (Fsp3) is 0.125. The number of nitrogens with one attached hydrogen (secondary N) is 2. The Bertz CT molecular complexity index is 943. The molecule has 1 aromatic carbocycles. The van der Waals surface area contributed by atoms with Crippen molar-refractivity contribution in [2.24, 2.45) is 0 Å². The predicted octanol–water partition coefficient (Wildman–Crippen LogP) is 3.74. The molecule has 1 amide bonds. The van der Waals surface area contributed by atoms with Crippen molar-refractivity contribution in [2.75, 3.05) is 5.32 Å². The normalized spacial score (nSPS) is 14.1. The Morgan fingerprint density at radius 1 is 1.17 bits per heavy atom. The summed E-state index contributed by atoms with van der Waals surface area (Å²) in [6, 6.07) is 6.99. The van der Waals surface area contributed by atoms with Crippen molar-refractivity contribution in [1.82, 2.24) is 9.97 Å². The highest BCUT2D eigenvalue weighted by Crippen LogP contribution is 2.38. The number of pyridine rings is 1. The molecule has 4 rings (SSSR count). The quantitative estimate of drug-likeness (QED) is 0.663. The summed E-state index contributed by atoms with van der Waals surface area (Å²) in [6.45, 7) is 0. The standard InChI is InChI=1S/C16H10F3N3O/c17-16(18,19)8-3-4-12-10(6-8)11-7-13(23)22-15-9(14(11)21-12)2-1-5-20-15/h1-6,21H,7H2,(H,20,22,23). The molecule has 0 spiro atoms. The first-order valence-electron chi connectivity index (χ1n) is 6.90. The van der Waals surface area contributed by atoms with E-state index in [1.807, 2.05) is 0 Å². The lowest BCUT2D eigenvalue weighted by molar-refractivity contribution is -0.137. The Kier molecular flexibility index (Phi) is 2.75. The number of fused-ring (bicyclic) bond motifs is 5. The number of H-pyrrole nitrogens is 1. The minimum atomic E-state index is -4.43. The van der Waals surface area contributed by atoms with E-state index >= 15 is 0 Å². The Labute approximate surface area is 128 Å². The van der Waals surface area contributed by atoms with Crippen LogP contribution in [-0.4, -0.2) is 15.9 Å². The van der Waals surface area contributed by atoms with Crippen LogP contribution in [0.25, 0.3) is 22.2 Å². The summed E-state index contributed by atoms with van der Waals surface area (Å²) >= 11 is 0. The highest BCUT2D eigenvalue weighted by molar-refractivity contribution is 6.04. The van der Waals surface area contributed by atoms with E-state index in [2.05, 4.69) is 15.3 Å². The van der Waals surface area contributed by atoms with E-state index in [0.29, 0.717) is 33.5 Å². The molecule has 3 heterocycles. The van der Waals surface area contributed by atoms with Crippen LogP contribution < -0.4 is 5.32 Å². The van der Waals surface area contributed by atoms with E-state index in [1.54, 1.807) is 18.3 Å². The molecule has 0 bridgehead atoms. The van der Waals surface area contributed by atoms with Gasteiger partial charge in [0.2, 0.25) is 5.91 Å². The monoisotopic (exact) mass is 317 g/mol. The van der Waals surface area contributed by atoms with Crippen LogP contribution in [0.2, 0.25) is 0 Å². The van der Waals surface area contributed by atoms with Gasteiger partial charge in [-0.2, -0.15) is 13.2 Å². The van der Waals surface area contributed by atoms with E-state index in [4.69, 9.17) is 0 Å². The second-order valence-corrected chi connectivity index (χ2v) is 5.36. The summed E-state index contributed by atoms with van der Waals surface area (Å²) in [5, 5.41) is 3.08. The molecule has 2 N–H and O–H groups in total. The third-order valence-electron chi connectivity index (χ3n) is 3.91. The van der Waals surface area contributed by atoms with Gasteiger partial charge in [-0.15, -0.1) is 0 Å². The topological polar surface area (TPSA) is 57.8 Å². The number of aromatic amines is 1. The maximum atomic E-state index is 13.0. The second-order valence-electron chi connectivity index (χ2n) is 5.36. The molecule has 0 atom stereocenters. The first kappa shape index (κ1) is 13.8. The lowest BCUT2D eigenvalue weighted by Gasteiger charge is -2.06. The number of aromatic nitrogens is 2. The van der Waals surface area contributed by atoms with Crippen molar-refractivity contribution in [1.29, 1.82) is 0 Å². The Morgan fingerprint density at radius 2 is 2.00 bits per heavy atom. The van der Waals surface area contributed by atoms with E-state index < -0.39 is 11.7 Å². The zero-order valence-electron chi connectivity index (χ0n) is 11.7. The Balaban J connectivity index is 2.02. The zero-order chi connectivity index (χ0) is 16.2. The van der Waals surface area contributed by atoms with Crippen LogP contribution in [0, 0.1) is 0 Å². The molecular weight excluding hydrogens is 307 g/mol. The first-order chi connectivity index (χ1) is 10.9. The molecule has 23 heavy (non-hydrogen) atoms. The van der Waals surface area contributed by atoms with Crippen LogP contribution in [0.15, 0.2) is 36.5 Å². The molecule has 0 fully saturated rings. The van der Waals surface area contributed by atoms with Gasteiger partial charge in [0.1, 0.15) is 5.82 Å². The van der Waals surface area contributed by atoms with Crippen LogP contribution in [0.4, 0.5) is 19.0 Å². The highest BCUT2D eigenvalue weighted by atomic mass is 19.4. The third-order valence-corrected chi connectivity index (χ3v) is 3.91. The number of carbonyl (C=O) groups excluding carboxylic acids is 1. The molecule has 0 unspecified atom stereocenters. The molecule has 0 saturated carbocycles. The molecule has 1 aliphatic heterocycles. The number of halogens is 3. The number of benzene rings is 1. The molecule has 2 aromatic heterocycles. The van der Waals surface area contributed by atoms with Crippen LogP contribution in [0.3, 0.4) is 0 Å². The molecule has 4 nitrogen and oxygen atoms in total. The van der Waals surface area contributed by atoms with Gasteiger partial charge in [0.05, 0.1) is 17.7 Å². The minimum Gasteiger partial charge on any atom is -0.354 e. The van der Waals surface area contributed by atoms with Crippen molar-refractivity contribution in [3.63, 3.8) is 0 Å². The van der Waals surface area contributed by atoms with E-state index in [0.717, 1.165) is 12.1 Å². The van der Waals surface area contributed by atoms with E-state index in [9.17, 15) is 18.0 Å². The number of anilines is 1. The number of hydrogen-bond donors (Lipinski definition) is 2. The molecule has 0 saturated heterocycles. The maximum absolute atomic E-state index is 13.0. The van der Waals surface area contributed by atoms with Gasteiger partial charge in [0.15, 0.2) is 0 Å². The molecule has 1 aliphatic rings. The van der Waals surface area contributed by atoms with Crippen molar-refractivity contribution in [3.8, 4) is 11.3 Å². The van der Waals surface area contributed by atoms with Gasteiger partial charge < -0.3 is 10.3 Å². The Hall–Kier alpha value is -2.83. The maximum Gasteiger partial charge on any atom is 0.416 e. The number of alkyl halides is 3. The molecule has 0 radical (unpaired) electrons. The summed E-state index contributed by atoms with van der Waals surface area (Å²) in [6.07, 6.45) is -2.88. The number of hydrogen-bond acceptors (Lipinski definition) is 2. The fourth-order valence-electron chi connectivity index (χ4n) is 2.88. The summed E-state index contributed by atoms with van der Waals surface area (Å²) in [5.74, 6) is 0.0980. The number of nitrogens with zero attached hydrogens (tertiary/aromatic N) is 1. The largest absolute Gasteiger partial charge is 0.416 e. The van der Waals surface area contributed by atoms with Crippen molar-refractivity contribution < 1.29 is 18.0 Å². The molecule has 7 heteroatoms. The van der Waals surface area contributed by atoms with Gasteiger partial charge in [0.25, 0.3) is 0 Å². The molecule has 3 aromatic rings. The summed E-state index contributed by atoms with van der Waals surface area (Å²) in [5.41, 5.74) is 1.67.